The molecule has 210 valence electrons. The fourth-order valence-corrected chi connectivity index (χ4v) is 4.63. The molecule has 0 fully saturated rings. The Hall–Kier alpha value is -4.09. The number of nitrogens with two attached hydrogens (primary N) is 1. The van der Waals surface area contributed by atoms with Crippen molar-refractivity contribution in [3.8, 4) is 5.75 Å². The van der Waals surface area contributed by atoms with E-state index >= 15 is 0 Å². The van der Waals surface area contributed by atoms with Gasteiger partial charge in [0.2, 0.25) is 0 Å². The van der Waals surface area contributed by atoms with E-state index in [-0.39, 0.29) is 17.4 Å². The number of aryl methyl sites for hydroxylation is 2. The normalized spacial score (nSPS) is 12.6. The van der Waals surface area contributed by atoms with Gasteiger partial charge in [0.15, 0.2) is 22.5 Å². The highest BCUT2D eigenvalue weighted by Gasteiger charge is 2.26. The highest BCUT2D eigenvalue weighted by atomic mass is 16.6. The number of ether oxygens (including phenoxy) is 2. The Morgan fingerprint density at radius 1 is 1.21 bits per heavy atom. The molecule has 1 aliphatic heterocycles. The smallest absolute Gasteiger partial charge is 0.407 e. The molecule has 0 aliphatic carbocycles. The fraction of sp³-hybridized carbons (Fsp3) is 0.519. The van der Waals surface area contributed by atoms with Crippen LogP contribution in [0.4, 0.5) is 16.4 Å². The minimum absolute atomic E-state index is 0.114. The largest absolute Gasteiger partial charge is 0.493 e. The first-order chi connectivity index (χ1) is 18.6. The van der Waals surface area contributed by atoms with E-state index in [1.807, 2.05) is 39.0 Å². The van der Waals surface area contributed by atoms with Crippen LogP contribution >= 0.6 is 0 Å². The Morgan fingerprint density at radius 3 is 2.72 bits per heavy atom. The molecule has 39 heavy (non-hydrogen) atoms. The number of nitrogens with one attached hydrogen (secondary N) is 3. The Balaban J connectivity index is 1.42. The fourth-order valence-electron chi connectivity index (χ4n) is 4.63. The Morgan fingerprint density at radius 2 is 2.00 bits per heavy atom. The lowest BCUT2D eigenvalue weighted by atomic mass is 10.2. The number of alkyl carbamates (subject to hydrolysis) is 1. The molecule has 1 aliphatic rings. The molecule has 2 aromatic heterocycles. The van der Waals surface area contributed by atoms with E-state index in [9.17, 15) is 9.59 Å². The Labute approximate surface area is 228 Å². The molecule has 3 heterocycles. The van der Waals surface area contributed by atoms with Gasteiger partial charge in [-0.05, 0) is 53.2 Å². The molecule has 3 aromatic rings. The van der Waals surface area contributed by atoms with Crippen LogP contribution in [0.5, 0.6) is 5.75 Å². The summed E-state index contributed by atoms with van der Waals surface area (Å²) in [4.78, 5) is 33.5. The summed E-state index contributed by atoms with van der Waals surface area (Å²) in [7, 11) is 0. The van der Waals surface area contributed by atoms with Gasteiger partial charge in [0.1, 0.15) is 23.7 Å². The molecule has 0 radical (unpaired) electrons. The number of imidazole rings is 1. The van der Waals surface area contributed by atoms with Crippen LogP contribution < -0.4 is 31.0 Å². The van der Waals surface area contributed by atoms with Crippen molar-refractivity contribution < 1.29 is 23.6 Å². The molecule has 0 atom stereocenters. The molecular weight excluding hydrogens is 500 g/mol. The van der Waals surface area contributed by atoms with Crippen LogP contribution in [0.1, 0.15) is 63.0 Å². The number of carbonyl (C=O) groups excluding carboxylic acids is 2. The monoisotopic (exact) mass is 539 g/mol. The van der Waals surface area contributed by atoms with Gasteiger partial charge in [-0.3, -0.25) is 4.79 Å². The van der Waals surface area contributed by atoms with Gasteiger partial charge >= 0.3 is 6.09 Å². The third-order valence-electron chi connectivity index (χ3n) is 6.31. The SMILES string of the molecule is CCn1c(CNC(=O)c2nc3c(nc2N)NCC3)[n+](CC)c2ccc(OCCCNC(=O)OC(C)(C)C)cc21. The number of amides is 2. The second-order valence-electron chi connectivity index (χ2n) is 10.3. The summed E-state index contributed by atoms with van der Waals surface area (Å²) in [5.74, 6) is 2.10. The van der Waals surface area contributed by atoms with Crippen LogP contribution in [0, 0.1) is 0 Å². The average Bonchev–Trinajstić information content (AvgIpc) is 3.45. The summed E-state index contributed by atoms with van der Waals surface area (Å²) < 4.78 is 15.6. The number of benzene rings is 1. The van der Waals surface area contributed by atoms with E-state index in [1.165, 1.54) is 0 Å². The van der Waals surface area contributed by atoms with Crippen LogP contribution in [0.15, 0.2) is 18.2 Å². The zero-order valence-corrected chi connectivity index (χ0v) is 23.4. The minimum atomic E-state index is -0.526. The lowest BCUT2D eigenvalue weighted by molar-refractivity contribution is -0.676. The Bertz CT molecular complexity index is 1360. The zero-order valence-electron chi connectivity index (χ0n) is 23.4. The van der Waals surface area contributed by atoms with Gasteiger partial charge in [-0.1, -0.05) is 0 Å². The van der Waals surface area contributed by atoms with Crippen molar-refractivity contribution in [1.82, 2.24) is 25.2 Å². The maximum absolute atomic E-state index is 13.0. The van der Waals surface area contributed by atoms with E-state index in [1.54, 1.807) is 0 Å². The molecular formula is C27H39N8O4+. The minimum Gasteiger partial charge on any atom is -0.493 e. The highest BCUT2D eigenvalue weighted by molar-refractivity contribution is 5.96. The molecule has 0 bridgehead atoms. The summed E-state index contributed by atoms with van der Waals surface area (Å²) in [6.45, 7) is 13.0. The molecule has 12 heteroatoms. The van der Waals surface area contributed by atoms with Crippen LogP contribution in [0.25, 0.3) is 11.0 Å². The van der Waals surface area contributed by atoms with Crippen LogP contribution in [-0.2, 0) is 30.8 Å². The third kappa shape index (κ3) is 6.50. The molecule has 0 saturated carbocycles. The second-order valence-corrected chi connectivity index (χ2v) is 10.3. The van der Waals surface area contributed by atoms with Gasteiger partial charge in [0, 0.05) is 25.6 Å². The summed E-state index contributed by atoms with van der Waals surface area (Å²) in [5.41, 5.74) is 8.46. The number of hydrogen-bond donors (Lipinski definition) is 4. The van der Waals surface area contributed by atoms with Crippen molar-refractivity contribution >= 4 is 34.7 Å². The first-order valence-electron chi connectivity index (χ1n) is 13.4. The van der Waals surface area contributed by atoms with Crippen molar-refractivity contribution in [3.63, 3.8) is 0 Å². The zero-order chi connectivity index (χ0) is 28.2. The molecule has 0 saturated heterocycles. The lowest BCUT2D eigenvalue weighted by Gasteiger charge is -2.19. The number of aromatic nitrogens is 4. The number of hydrogen-bond acceptors (Lipinski definition) is 8. The maximum atomic E-state index is 13.0. The third-order valence-corrected chi connectivity index (χ3v) is 6.31. The average molecular weight is 540 g/mol. The predicted octanol–water partition coefficient (Wildman–Crippen LogP) is 2.53. The lowest BCUT2D eigenvalue weighted by Crippen LogP contribution is -2.40. The number of carbonyl (C=O) groups is 2. The summed E-state index contributed by atoms with van der Waals surface area (Å²) in [5, 5.41) is 8.85. The van der Waals surface area contributed by atoms with E-state index in [0.29, 0.717) is 44.9 Å². The van der Waals surface area contributed by atoms with Crippen molar-refractivity contribution in [2.75, 3.05) is 30.7 Å². The van der Waals surface area contributed by atoms with E-state index < -0.39 is 11.7 Å². The van der Waals surface area contributed by atoms with Crippen molar-refractivity contribution in [3.05, 3.63) is 35.4 Å². The second kappa shape index (κ2) is 11.7. The standard InChI is InChI=1S/C27H38N8O4/c1-6-34-19-10-9-17(38-14-8-12-30-26(37)39-27(3,4)5)15-20(19)35(7-2)21(34)16-31-25(36)22-23(28)33-24-18(32-22)11-13-29-24/h9-10,15H,6-8,11-14,16H2,1-5H3,(H4-,28,29,30,31,33,36,37)/p+1. The molecule has 1 aromatic carbocycles. The molecule has 0 spiro atoms. The highest BCUT2D eigenvalue weighted by Crippen LogP contribution is 2.23. The number of nitrogen functional groups attached to an aromatic ring is 1. The van der Waals surface area contributed by atoms with Gasteiger partial charge in [-0.15, -0.1) is 0 Å². The summed E-state index contributed by atoms with van der Waals surface area (Å²) >= 11 is 0. The molecule has 4 rings (SSSR count). The van der Waals surface area contributed by atoms with Crippen molar-refractivity contribution in [1.29, 1.82) is 0 Å². The van der Waals surface area contributed by atoms with E-state index in [2.05, 4.69) is 48.9 Å². The first kappa shape index (κ1) is 27.9. The van der Waals surface area contributed by atoms with Crippen LogP contribution in [0.2, 0.25) is 0 Å². The quantitative estimate of drug-likeness (QED) is 0.227. The van der Waals surface area contributed by atoms with Gasteiger partial charge in [-0.2, -0.15) is 0 Å². The van der Waals surface area contributed by atoms with E-state index in [4.69, 9.17) is 15.2 Å². The molecule has 0 unspecified atom stereocenters. The van der Waals surface area contributed by atoms with Gasteiger partial charge in [0.05, 0.1) is 25.4 Å². The number of rotatable bonds is 10. The van der Waals surface area contributed by atoms with Crippen molar-refractivity contribution in [2.24, 2.45) is 0 Å². The summed E-state index contributed by atoms with van der Waals surface area (Å²) in [6, 6.07) is 5.98. The number of anilines is 2. The number of nitrogens with zero attached hydrogens (tertiary/aromatic N) is 4. The van der Waals surface area contributed by atoms with Crippen molar-refractivity contribution in [2.45, 2.75) is 72.7 Å². The molecule has 5 N–H and O–H groups in total. The number of fused-ring (bicyclic) bond motifs is 2. The maximum Gasteiger partial charge on any atom is 0.407 e. The van der Waals surface area contributed by atoms with Gasteiger partial charge < -0.3 is 31.2 Å². The topological polar surface area (TPSA) is 149 Å². The van der Waals surface area contributed by atoms with Crippen LogP contribution in [0.3, 0.4) is 0 Å². The molecule has 2 amide bonds. The molecule has 12 nitrogen and oxygen atoms in total. The predicted molar refractivity (Wildman–Crippen MR) is 148 cm³/mol. The van der Waals surface area contributed by atoms with Crippen LogP contribution in [-0.4, -0.2) is 51.8 Å². The van der Waals surface area contributed by atoms with Gasteiger partial charge in [-0.25, -0.2) is 23.9 Å². The summed E-state index contributed by atoms with van der Waals surface area (Å²) in [6.07, 6.45) is 0.924. The van der Waals surface area contributed by atoms with Gasteiger partial charge in [0.25, 0.3) is 11.7 Å². The van der Waals surface area contributed by atoms with E-state index in [0.717, 1.165) is 41.4 Å². The Kier molecular flexibility index (Phi) is 8.41. The first-order valence-corrected chi connectivity index (χ1v) is 13.4.